The van der Waals surface area contributed by atoms with Crippen LogP contribution in [0.25, 0.3) is 0 Å². The van der Waals surface area contributed by atoms with E-state index in [2.05, 4.69) is 4.90 Å². The molecule has 1 saturated carbocycles. The van der Waals surface area contributed by atoms with Crippen LogP contribution in [0.15, 0.2) is 35.4 Å². The first-order valence-electron chi connectivity index (χ1n) is 9.60. The summed E-state index contributed by atoms with van der Waals surface area (Å²) in [5.74, 6) is -0.0257. The molecule has 0 aromatic heterocycles. The smallest absolute Gasteiger partial charge is 0.192 e. The van der Waals surface area contributed by atoms with Crippen molar-refractivity contribution in [1.82, 2.24) is 4.90 Å². The number of ether oxygens (including phenoxy) is 2. The predicted molar refractivity (Wildman–Crippen MR) is 95.2 cm³/mol. The van der Waals surface area contributed by atoms with Gasteiger partial charge in [-0.05, 0) is 19.3 Å². The summed E-state index contributed by atoms with van der Waals surface area (Å²) in [4.78, 5) is 28.8. The normalized spacial score (nSPS) is 32.1. The van der Waals surface area contributed by atoms with E-state index in [1.165, 1.54) is 0 Å². The van der Waals surface area contributed by atoms with Gasteiger partial charge in [0.05, 0.1) is 19.8 Å². The minimum atomic E-state index is -0.455. The molecule has 2 fully saturated rings. The maximum atomic E-state index is 13.4. The number of rotatable bonds is 1. The third kappa shape index (κ3) is 2.20. The molecule has 2 aliphatic heterocycles. The van der Waals surface area contributed by atoms with Gasteiger partial charge in [0, 0.05) is 41.3 Å². The van der Waals surface area contributed by atoms with E-state index in [0.29, 0.717) is 29.9 Å². The Morgan fingerprint density at radius 1 is 1.00 bits per heavy atom. The summed E-state index contributed by atoms with van der Waals surface area (Å²) >= 11 is 0. The Hall–Kier alpha value is -1.82. The van der Waals surface area contributed by atoms with E-state index in [0.717, 1.165) is 44.3 Å². The van der Waals surface area contributed by atoms with Crippen molar-refractivity contribution in [2.45, 2.75) is 31.4 Å². The number of hydrogen-bond donors (Lipinski definition) is 0. The van der Waals surface area contributed by atoms with Crippen LogP contribution in [-0.2, 0) is 9.47 Å². The number of benzene rings is 1. The molecule has 1 saturated heterocycles. The molecule has 0 spiro atoms. The highest BCUT2D eigenvalue weighted by Crippen LogP contribution is 2.49. The number of morpholine rings is 1. The molecule has 0 bridgehead atoms. The summed E-state index contributed by atoms with van der Waals surface area (Å²) in [6.07, 6.45) is 3.98. The highest BCUT2D eigenvalue weighted by atomic mass is 16.5. The number of Topliss-reactive ketones (excluding diaryl/α,β-unsaturated/α-hetero) is 2. The Morgan fingerprint density at radius 2 is 1.73 bits per heavy atom. The molecule has 1 aromatic carbocycles. The molecule has 5 rings (SSSR count). The Labute approximate surface area is 153 Å². The average molecular weight is 353 g/mol. The van der Waals surface area contributed by atoms with Crippen LogP contribution in [0.1, 0.15) is 46.4 Å². The molecule has 1 aromatic rings. The van der Waals surface area contributed by atoms with Gasteiger partial charge in [-0.3, -0.25) is 14.5 Å². The van der Waals surface area contributed by atoms with Gasteiger partial charge >= 0.3 is 0 Å². The lowest BCUT2D eigenvalue weighted by Gasteiger charge is -2.55. The van der Waals surface area contributed by atoms with Crippen molar-refractivity contribution in [3.63, 3.8) is 0 Å². The molecule has 0 N–H and O–H groups in total. The molecule has 136 valence electrons. The fourth-order valence-electron chi connectivity index (χ4n) is 5.24. The lowest BCUT2D eigenvalue weighted by Crippen LogP contribution is -2.63. The maximum Gasteiger partial charge on any atom is 0.192 e. The van der Waals surface area contributed by atoms with Gasteiger partial charge in [0.15, 0.2) is 11.6 Å². The summed E-state index contributed by atoms with van der Waals surface area (Å²) in [5.41, 5.74) is 1.94. The highest BCUT2D eigenvalue weighted by Gasteiger charge is 2.54. The molecule has 2 aliphatic carbocycles. The summed E-state index contributed by atoms with van der Waals surface area (Å²) < 4.78 is 12.0. The number of fused-ring (bicyclic) bond motifs is 3. The molecule has 2 heterocycles. The number of carbonyl (C=O) groups excluding carboxylic acids is 2. The minimum Gasteiger partial charge on any atom is -0.379 e. The molecule has 0 radical (unpaired) electrons. The average Bonchev–Trinajstić information content (AvgIpc) is 2.72. The van der Waals surface area contributed by atoms with Gasteiger partial charge in [0.1, 0.15) is 5.72 Å². The molecule has 5 heteroatoms. The van der Waals surface area contributed by atoms with Crippen molar-refractivity contribution in [3.8, 4) is 0 Å². The van der Waals surface area contributed by atoms with Crippen LogP contribution in [0.4, 0.5) is 0 Å². The van der Waals surface area contributed by atoms with Crippen LogP contribution < -0.4 is 0 Å². The molecule has 4 aliphatic rings. The van der Waals surface area contributed by atoms with Crippen molar-refractivity contribution < 1.29 is 19.1 Å². The largest absolute Gasteiger partial charge is 0.379 e. The summed E-state index contributed by atoms with van der Waals surface area (Å²) in [6.45, 7) is 3.26. The molecule has 0 unspecified atom stereocenters. The van der Waals surface area contributed by atoms with Crippen LogP contribution >= 0.6 is 0 Å². The zero-order valence-electron chi connectivity index (χ0n) is 14.8. The second-order valence-corrected chi connectivity index (χ2v) is 7.63. The quantitative estimate of drug-likeness (QED) is 0.777. The van der Waals surface area contributed by atoms with E-state index in [1.807, 2.05) is 12.1 Å². The molecule has 26 heavy (non-hydrogen) atoms. The first kappa shape index (κ1) is 16.4. The van der Waals surface area contributed by atoms with Gasteiger partial charge in [0.25, 0.3) is 0 Å². The van der Waals surface area contributed by atoms with Gasteiger partial charge in [-0.2, -0.15) is 0 Å². The minimum absolute atomic E-state index is 0.0251. The van der Waals surface area contributed by atoms with Crippen molar-refractivity contribution in [2.75, 3.05) is 32.9 Å². The van der Waals surface area contributed by atoms with Crippen molar-refractivity contribution in [2.24, 2.45) is 5.92 Å². The monoisotopic (exact) mass is 353 g/mol. The summed E-state index contributed by atoms with van der Waals surface area (Å²) in [5, 5.41) is 0. The van der Waals surface area contributed by atoms with Crippen molar-refractivity contribution in [3.05, 3.63) is 46.5 Å². The zero-order chi connectivity index (χ0) is 17.7. The third-order valence-electron chi connectivity index (χ3n) is 6.44. The van der Waals surface area contributed by atoms with Crippen LogP contribution in [-0.4, -0.2) is 55.1 Å². The Kier molecular flexibility index (Phi) is 3.85. The second kappa shape index (κ2) is 6.12. The molecular formula is C21H23NO4. The number of nitrogens with zero attached hydrogens (tertiary/aromatic N) is 1. The topological polar surface area (TPSA) is 55.8 Å². The van der Waals surface area contributed by atoms with E-state index < -0.39 is 5.72 Å². The zero-order valence-corrected chi connectivity index (χ0v) is 14.8. The van der Waals surface area contributed by atoms with Crippen molar-refractivity contribution >= 4 is 11.6 Å². The van der Waals surface area contributed by atoms with Crippen LogP contribution in [0.3, 0.4) is 0 Å². The van der Waals surface area contributed by atoms with Crippen LogP contribution in [0.5, 0.6) is 0 Å². The summed E-state index contributed by atoms with van der Waals surface area (Å²) in [6, 6.07) is 7.20. The first-order valence-corrected chi connectivity index (χ1v) is 9.60. The van der Waals surface area contributed by atoms with E-state index >= 15 is 0 Å². The number of hydrogen-bond acceptors (Lipinski definition) is 5. The Bertz CT molecular complexity index is 808. The second-order valence-electron chi connectivity index (χ2n) is 7.63. The fraction of sp³-hybridized carbons (Fsp3) is 0.524. The third-order valence-corrected chi connectivity index (χ3v) is 6.44. The van der Waals surface area contributed by atoms with Gasteiger partial charge in [0.2, 0.25) is 0 Å². The lowest BCUT2D eigenvalue weighted by molar-refractivity contribution is -0.216. The van der Waals surface area contributed by atoms with Gasteiger partial charge in [-0.15, -0.1) is 0 Å². The van der Waals surface area contributed by atoms with Gasteiger partial charge in [-0.1, -0.05) is 30.7 Å². The van der Waals surface area contributed by atoms with Crippen LogP contribution in [0, 0.1) is 5.92 Å². The Morgan fingerprint density at radius 3 is 2.50 bits per heavy atom. The lowest BCUT2D eigenvalue weighted by atomic mass is 9.68. The van der Waals surface area contributed by atoms with Crippen molar-refractivity contribution in [1.29, 1.82) is 0 Å². The highest BCUT2D eigenvalue weighted by molar-refractivity contribution is 6.27. The van der Waals surface area contributed by atoms with E-state index in [4.69, 9.17) is 9.47 Å². The first-order chi connectivity index (χ1) is 12.7. The fourth-order valence-corrected chi connectivity index (χ4v) is 5.24. The van der Waals surface area contributed by atoms with Gasteiger partial charge in [-0.25, -0.2) is 0 Å². The summed E-state index contributed by atoms with van der Waals surface area (Å²) in [7, 11) is 0. The van der Waals surface area contributed by atoms with Crippen LogP contribution in [0.2, 0.25) is 0 Å². The molecule has 0 amide bonds. The SMILES string of the molecule is O=C1C2=C(C(=O)c3ccccc31)[C@H]1CCCC[C@@]1(N1CCOCC1)OC2. The maximum absolute atomic E-state index is 13.4. The molecular weight excluding hydrogens is 330 g/mol. The standard InChI is InChI=1S/C21H23NO4/c23-19-14-5-1-2-6-15(14)20(24)18-16(19)13-26-21(8-4-3-7-17(18)21)22-9-11-25-12-10-22/h1-2,5-6,17H,3-4,7-13H2/t17-,21-/m1/s1. The van der Waals surface area contributed by atoms with Gasteiger partial charge < -0.3 is 9.47 Å². The Balaban J connectivity index is 1.62. The van der Waals surface area contributed by atoms with E-state index in [9.17, 15) is 9.59 Å². The molecule has 5 nitrogen and oxygen atoms in total. The predicted octanol–water partition coefficient (Wildman–Crippen LogP) is 2.61. The number of carbonyl (C=O) groups is 2. The van der Waals surface area contributed by atoms with E-state index in [-0.39, 0.29) is 24.1 Å². The molecule has 2 atom stereocenters. The van der Waals surface area contributed by atoms with E-state index in [1.54, 1.807) is 12.1 Å². The number of ketones is 2.